The van der Waals surface area contributed by atoms with Gasteiger partial charge in [0.05, 0.1) is 16.8 Å². The molecule has 1 heterocycles. The summed E-state index contributed by atoms with van der Waals surface area (Å²) in [5, 5.41) is 0. The molecule has 1 aromatic rings. The van der Waals surface area contributed by atoms with Crippen molar-refractivity contribution in [3.05, 3.63) is 23.3 Å². The van der Waals surface area contributed by atoms with Crippen molar-refractivity contribution < 1.29 is 31.1 Å². The highest BCUT2D eigenvalue weighted by Gasteiger charge is 2.52. The molecule has 0 amide bonds. The summed E-state index contributed by atoms with van der Waals surface area (Å²) in [4.78, 5) is 11.9. The fraction of sp³-hybridized carbons (Fsp3) is 0.611. The lowest BCUT2D eigenvalue weighted by Crippen LogP contribution is -2.41. The molecule has 150 valence electrons. The highest BCUT2D eigenvalue weighted by molar-refractivity contribution is 7.86. The molecule has 0 saturated carbocycles. The quantitative estimate of drug-likeness (QED) is 0.441. The second-order valence-corrected chi connectivity index (χ2v) is 10.0. The lowest BCUT2D eigenvalue weighted by atomic mass is 9.75. The summed E-state index contributed by atoms with van der Waals surface area (Å²) >= 11 is 0. The maximum Gasteiger partial charge on any atom is 0.495 e. The van der Waals surface area contributed by atoms with Crippen LogP contribution in [0.1, 0.15) is 64.4 Å². The second kappa shape index (κ2) is 6.56. The van der Waals surface area contributed by atoms with Crippen molar-refractivity contribution >= 4 is 28.8 Å². The molecular formula is C18H26BFO6S. The molecular weight excluding hydrogens is 374 g/mol. The van der Waals surface area contributed by atoms with Gasteiger partial charge in [0.1, 0.15) is 10.5 Å². The van der Waals surface area contributed by atoms with Gasteiger partial charge in [-0.3, -0.25) is 0 Å². The SMILES string of the molecule is Cc1c(B2OC(C)(C)C(C)(C)O2)cc(C(=O)OC(C)(C)C)cc1S(=O)(=O)F. The zero-order valence-corrected chi connectivity index (χ0v) is 17.8. The molecule has 2 rings (SSSR count). The molecule has 1 aliphatic heterocycles. The summed E-state index contributed by atoms with van der Waals surface area (Å²) in [6.07, 6.45) is 0. The maximum atomic E-state index is 13.9. The molecule has 0 spiro atoms. The number of rotatable bonds is 3. The predicted octanol–water partition coefficient (Wildman–Crippen LogP) is 2.91. The number of hydrogen-bond donors (Lipinski definition) is 0. The minimum Gasteiger partial charge on any atom is -0.456 e. The zero-order valence-electron chi connectivity index (χ0n) is 17.0. The van der Waals surface area contributed by atoms with Crippen molar-refractivity contribution in [2.75, 3.05) is 0 Å². The van der Waals surface area contributed by atoms with Gasteiger partial charge in [-0.1, -0.05) is 0 Å². The van der Waals surface area contributed by atoms with Gasteiger partial charge in [0.15, 0.2) is 0 Å². The van der Waals surface area contributed by atoms with E-state index >= 15 is 0 Å². The Morgan fingerprint density at radius 3 is 2.00 bits per heavy atom. The number of ether oxygens (including phenoxy) is 1. The topological polar surface area (TPSA) is 78.9 Å². The van der Waals surface area contributed by atoms with Gasteiger partial charge < -0.3 is 14.0 Å². The molecule has 0 radical (unpaired) electrons. The Morgan fingerprint density at radius 2 is 1.59 bits per heavy atom. The van der Waals surface area contributed by atoms with Crippen molar-refractivity contribution in [1.29, 1.82) is 0 Å². The Kier molecular flexibility index (Phi) is 5.31. The number of halogens is 1. The first kappa shape index (κ1) is 21.9. The van der Waals surface area contributed by atoms with Crippen molar-refractivity contribution in [3.8, 4) is 0 Å². The van der Waals surface area contributed by atoms with E-state index in [1.54, 1.807) is 20.8 Å². The van der Waals surface area contributed by atoms with Crippen LogP contribution in [0.2, 0.25) is 0 Å². The number of esters is 1. The molecule has 1 saturated heterocycles. The monoisotopic (exact) mass is 400 g/mol. The zero-order chi connectivity index (χ0) is 21.0. The largest absolute Gasteiger partial charge is 0.495 e. The third kappa shape index (κ3) is 4.52. The van der Waals surface area contributed by atoms with Gasteiger partial charge in [0.2, 0.25) is 0 Å². The summed E-state index contributed by atoms with van der Waals surface area (Å²) < 4.78 is 54.3. The van der Waals surface area contributed by atoms with E-state index in [2.05, 4.69) is 0 Å². The Morgan fingerprint density at radius 1 is 1.11 bits per heavy atom. The van der Waals surface area contributed by atoms with E-state index in [1.807, 2.05) is 27.7 Å². The molecule has 1 fully saturated rings. The lowest BCUT2D eigenvalue weighted by molar-refractivity contribution is 0.00578. The lowest BCUT2D eigenvalue weighted by Gasteiger charge is -2.32. The van der Waals surface area contributed by atoms with Crippen LogP contribution in [0.5, 0.6) is 0 Å². The third-order valence-electron chi connectivity index (χ3n) is 4.80. The van der Waals surface area contributed by atoms with Crippen LogP contribution in [0.4, 0.5) is 3.89 Å². The third-order valence-corrected chi connectivity index (χ3v) is 5.75. The normalized spacial score (nSPS) is 19.2. The number of hydrogen-bond acceptors (Lipinski definition) is 6. The van der Waals surface area contributed by atoms with Crippen molar-refractivity contribution in [1.82, 2.24) is 0 Å². The second-order valence-electron chi connectivity index (χ2n) is 8.72. The van der Waals surface area contributed by atoms with Gasteiger partial charge in [-0.05, 0) is 78.5 Å². The average Bonchev–Trinajstić information content (AvgIpc) is 2.64. The van der Waals surface area contributed by atoms with E-state index in [1.165, 1.54) is 13.0 Å². The minimum atomic E-state index is -5.06. The maximum absolute atomic E-state index is 13.9. The van der Waals surface area contributed by atoms with E-state index < -0.39 is 45.0 Å². The number of carbonyl (C=O) groups excluding carboxylic acids is 1. The first-order valence-corrected chi connectivity index (χ1v) is 10.0. The molecule has 0 unspecified atom stereocenters. The Bertz CT molecular complexity index is 855. The molecule has 0 aliphatic carbocycles. The van der Waals surface area contributed by atoms with Crippen LogP contribution < -0.4 is 5.46 Å². The molecule has 0 bridgehead atoms. The number of benzene rings is 1. The molecule has 0 aromatic heterocycles. The summed E-state index contributed by atoms with van der Waals surface area (Å²) in [6, 6.07) is 2.41. The van der Waals surface area contributed by atoms with Gasteiger partial charge in [-0.25, -0.2) is 4.79 Å². The fourth-order valence-electron chi connectivity index (χ4n) is 2.63. The summed E-state index contributed by atoms with van der Waals surface area (Å²) in [6.45, 7) is 13.9. The smallest absolute Gasteiger partial charge is 0.456 e. The fourth-order valence-corrected chi connectivity index (χ4v) is 3.38. The van der Waals surface area contributed by atoms with Crippen LogP contribution in [0.15, 0.2) is 17.0 Å². The van der Waals surface area contributed by atoms with Crippen LogP contribution in [0, 0.1) is 6.92 Å². The van der Waals surface area contributed by atoms with E-state index in [9.17, 15) is 17.1 Å². The molecule has 1 aromatic carbocycles. The van der Waals surface area contributed by atoms with Crippen LogP contribution >= 0.6 is 0 Å². The Labute approximate surface area is 160 Å². The average molecular weight is 400 g/mol. The Hall–Kier alpha value is -1.45. The first-order chi connectivity index (χ1) is 11.9. The van der Waals surface area contributed by atoms with Crippen molar-refractivity contribution in [2.45, 2.75) is 77.1 Å². The van der Waals surface area contributed by atoms with Gasteiger partial charge in [0.25, 0.3) is 0 Å². The van der Waals surface area contributed by atoms with E-state index in [0.717, 1.165) is 6.07 Å². The summed E-state index contributed by atoms with van der Waals surface area (Å²) in [7, 11) is -6.01. The van der Waals surface area contributed by atoms with Crippen molar-refractivity contribution in [3.63, 3.8) is 0 Å². The van der Waals surface area contributed by atoms with E-state index in [-0.39, 0.29) is 16.6 Å². The molecule has 1 aliphatic rings. The van der Waals surface area contributed by atoms with Gasteiger partial charge in [-0.2, -0.15) is 8.42 Å². The highest BCUT2D eigenvalue weighted by atomic mass is 32.3. The van der Waals surface area contributed by atoms with Crippen LogP contribution in [-0.4, -0.2) is 38.3 Å². The van der Waals surface area contributed by atoms with Gasteiger partial charge >= 0.3 is 23.3 Å². The van der Waals surface area contributed by atoms with Crippen LogP contribution in [-0.2, 0) is 24.3 Å². The summed E-state index contributed by atoms with van der Waals surface area (Å²) in [5.41, 5.74) is -1.84. The highest BCUT2D eigenvalue weighted by Crippen LogP contribution is 2.37. The number of carbonyl (C=O) groups is 1. The standard InChI is InChI=1S/C18H26BFO6S/c1-11-13(19-25-17(5,6)18(7,8)26-19)9-12(10-14(11)27(20,22)23)15(21)24-16(2,3)4/h9-10H,1-8H3. The molecule has 6 nitrogen and oxygen atoms in total. The Balaban J connectivity index is 2.61. The minimum absolute atomic E-state index is 0.0866. The van der Waals surface area contributed by atoms with Gasteiger partial charge in [-0.15, -0.1) is 3.89 Å². The van der Waals surface area contributed by atoms with E-state index in [0.29, 0.717) is 0 Å². The molecule has 27 heavy (non-hydrogen) atoms. The van der Waals surface area contributed by atoms with Crippen LogP contribution in [0.3, 0.4) is 0 Å². The van der Waals surface area contributed by atoms with E-state index in [4.69, 9.17) is 14.0 Å². The summed E-state index contributed by atoms with van der Waals surface area (Å²) in [5.74, 6) is -0.759. The van der Waals surface area contributed by atoms with Crippen molar-refractivity contribution in [2.24, 2.45) is 0 Å². The van der Waals surface area contributed by atoms with Crippen LogP contribution in [0.25, 0.3) is 0 Å². The molecule has 9 heteroatoms. The van der Waals surface area contributed by atoms with Gasteiger partial charge in [0, 0.05) is 0 Å². The predicted molar refractivity (Wildman–Crippen MR) is 100 cm³/mol. The molecule has 0 atom stereocenters. The first-order valence-electron chi connectivity index (χ1n) is 8.63. The molecule has 0 N–H and O–H groups in total.